The number of nitrogens with zero attached hydrogens (tertiary/aromatic N) is 1. The summed E-state index contributed by atoms with van der Waals surface area (Å²) in [4.78, 5) is 2.51. The molecule has 1 saturated heterocycles. The van der Waals surface area contributed by atoms with E-state index in [0.29, 0.717) is 17.7 Å². The van der Waals surface area contributed by atoms with Gasteiger partial charge in [-0.2, -0.15) is 11.8 Å². The van der Waals surface area contributed by atoms with E-state index in [-0.39, 0.29) is 0 Å². The Balaban J connectivity index is 1.64. The first kappa shape index (κ1) is 12.5. The van der Waals surface area contributed by atoms with Crippen LogP contribution < -0.4 is 10.1 Å². The van der Waals surface area contributed by atoms with Crippen LogP contribution in [-0.2, 0) is 0 Å². The maximum Gasteiger partial charge on any atom is 0.161 e. The van der Waals surface area contributed by atoms with Crippen LogP contribution in [-0.4, -0.2) is 48.7 Å². The number of hydrogen-bond acceptors (Lipinski definition) is 4. The standard InChI is InChI=1S/C13H17ClN2OS/c14-11-2-1-3-12-13(11)17-9-10(15-12)8-16-4-6-18-7-5-16/h1-3,10,15H,4-9H2. The molecule has 0 amide bonds. The first-order valence-electron chi connectivity index (χ1n) is 6.31. The summed E-state index contributed by atoms with van der Waals surface area (Å²) >= 11 is 8.14. The Morgan fingerprint density at radius 1 is 1.39 bits per heavy atom. The molecule has 2 aliphatic rings. The normalized spacial score (nSPS) is 23.9. The van der Waals surface area contributed by atoms with Gasteiger partial charge < -0.3 is 10.1 Å². The molecule has 1 fully saturated rings. The molecule has 1 aromatic rings. The summed E-state index contributed by atoms with van der Waals surface area (Å²) in [7, 11) is 0. The highest BCUT2D eigenvalue weighted by molar-refractivity contribution is 7.99. The number of fused-ring (bicyclic) bond motifs is 1. The van der Waals surface area contributed by atoms with Crippen molar-refractivity contribution in [1.29, 1.82) is 0 Å². The molecule has 3 nitrogen and oxygen atoms in total. The lowest BCUT2D eigenvalue weighted by Gasteiger charge is -2.34. The van der Waals surface area contributed by atoms with Crippen molar-refractivity contribution in [3.8, 4) is 5.75 Å². The summed E-state index contributed by atoms with van der Waals surface area (Å²) in [5, 5.41) is 4.21. The van der Waals surface area contributed by atoms with E-state index in [2.05, 4.69) is 10.2 Å². The molecule has 0 bridgehead atoms. The average molecular weight is 285 g/mol. The maximum atomic E-state index is 6.10. The van der Waals surface area contributed by atoms with E-state index in [1.807, 2.05) is 30.0 Å². The minimum absolute atomic E-state index is 0.360. The number of rotatable bonds is 2. The molecule has 0 spiro atoms. The largest absolute Gasteiger partial charge is 0.488 e. The smallest absolute Gasteiger partial charge is 0.161 e. The van der Waals surface area contributed by atoms with Crippen LogP contribution in [0.5, 0.6) is 5.75 Å². The third-order valence-corrected chi connectivity index (χ3v) is 4.58. The van der Waals surface area contributed by atoms with Crippen molar-refractivity contribution in [2.75, 3.05) is 43.1 Å². The fourth-order valence-electron chi connectivity index (χ4n) is 2.41. The molecule has 0 radical (unpaired) electrons. The van der Waals surface area contributed by atoms with E-state index >= 15 is 0 Å². The number of nitrogens with one attached hydrogen (secondary N) is 1. The quantitative estimate of drug-likeness (QED) is 0.902. The summed E-state index contributed by atoms with van der Waals surface area (Å²) in [5.41, 5.74) is 1.02. The lowest BCUT2D eigenvalue weighted by molar-refractivity contribution is 0.224. The maximum absolute atomic E-state index is 6.10. The highest BCUT2D eigenvalue weighted by Crippen LogP contribution is 2.35. The predicted molar refractivity (Wildman–Crippen MR) is 78.1 cm³/mol. The second-order valence-corrected chi connectivity index (χ2v) is 6.31. The highest BCUT2D eigenvalue weighted by atomic mass is 35.5. The van der Waals surface area contributed by atoms with Crippen molar-refractivity contribution in [1.82, 2.24) is 4.90 Å². The molecule has 0 aliphatic carbocycles. The molecule has 5 heteroatoms. The van der Waals surface area contributed by atoms with E-state index < -0.39 is 0 Å². The van der Waals surface area contributed by atoms with Crippen LogP contribution in [0.2, 0.25) is 5.02 Å². The number of para-hydroxylation sites is 1. The fraction of sp³-hybridized carbons (Fsp3) is 0.538. The second-order valence-electron chi connectivity index (χ2n) is 4.68. The molecular weight excluding hydrogens is 268 g/mol. The van der Waals surface area contributed by atoms with Gasteiger partial charge in [-0.1, -0.05) is 17.7 Å². The Kier molecular flexibility index (Phi) is 3.87. The van der Waals surface area contributed by atoms with Crippen LogP contribution in [0.1, 0.15) is 0 Å². The SMILES string of the molecule is Clc1cccc2c1OCC(CN1CCSCC1)N2. The Hall–Kier alpha value is -0.580. The molecule has 2 heterocycles. The molecular formula is C13H17ClN2OS. The zero-order chi connectivity index (χ0) is 12.4. The van der Waals surface area contributed by atoms with E-state index in [1.165, 1.54) is 24.6 Å². The summed E-state index contributed by atoms with van der Waals surface area (Å²) in [6.45, 7) is 4.11. The van der Waals surface area contributed by atoms with Crippen LogP contribution in [0.4, 0.5) is 5.69 Å². The summed E-state index contributed by atoms with van der Waals surface area (Å²) in [6, 6.07) is 6.21. The van der Waals surface area contributed by atoms with Crippen molar-refractivity contribution >= 4 is 29.1 Å². The van der Waals surface area contributed by atoms with Gasteiger partial charge in [0.05, 0.1) is 16.8 Å². The molecule has 1 N–H and O–H groups in total. The second kappa shape index (κ2) is 5.59. The van der Waals surface area contributed by atoms with Gasteiger partial charge in [0.1, 0.15) is 6.61 Å². The third-order valence-electron chi connectivity index (χ3n) is 3.34. The number of benzene rings is 1. The van der Waals surface area contributed by atoms with Gasteiger partial charge in [0, 0.05) is 31.1 Å². The topological polar surface area (TPSA) is 24.5 Å². The van der Waals surface area contributed by atoms with E-state index in [0.717, 1.165) is 18.0 Å². The molecule has 1 aromatic carbocycles. The van der Waals surface area contributed by atoms with Gasteiger partial charge in [-0.3, -0.25) is 4.90 Å². The minimum Gasteiger partial charge on any atom is -0.488 e. The van der Waals surface area contributed by atoms with Crippen LogP contribution >= 0.6 is 23.4 Å². The van der Waals surface area contributed by atoms with Crippen molar-refractivity contribution in [2.45, 2.75) is 6.04 Å². The van der Waals surface area contributed by atoms with Gasteiger partial charge in [0.2, 0.25) is 0 Å². The highest BCUT2D eigenvalue weighted by Gasteiger charge is 2.23. The van der Waals surface area contributed by atoms with Crippen molar-refractivity contribution in [3.05, 3.63) is 23.2 Å². The van der Waals surface area contributed by atoms with Gasteiger partial charge in [-0.05, 0) is 12.1 Å². The Morgan fingerprint density at radius 3 is 3.06 bits per heavy atom. The van der Waals surface area contributed by atoms with E-state index in [4.69, 9.17) is 16.3 Å². The zero-order valence-electron chi connectivity index (χ0n) is 10.2. The average Bonchev–Trinajstić information content (AvgIpc) is 2.40. The number of halogens is 1. The monoisotopic (exact) mass is 284 g/mol. The molecule has 2 aliphatic heterocycles. The van der Waals surface area contributed by atoms with Crippen LogP contribution in [0.15, 0.2) is 18.2 Å². The fourth-order valence-corrected chi connectivity index (χ4v) is 3.62. The lowest BCUT2D eigenvalue weighted by atomic mass is 10.2. The molecule has 18 heavy (non-hydrogen) atoms. The Morgan fingerprint density at radius 2 is 2.22 bits per heavy atom. The van der Waals surface area contributed by atoms with Crippen molar-refractivity contribution in [2.24, 2.45) is 0 Å². The third kappa shape index (κ3) is 2.71. The molecule has 3 rings (SSSR count). The van der Waals surface area contributed by atoms with E-state index in [9.17, 15) is 0 Å². The number of thioether (sulfide) groups is 1. The molecule has 1 unspecified atom stereocenters. The first-order chi connectivity index (χ1) is 8.83. The predicted octanol–water partition coefficient (Wildman–Crippen LogP) is 2.56. The number of anilines is 1. The molecule has 0 saturated carbocycles. The minimum atomic E-state index is 0.360. The van der Waals surface area contributed by atoms with Crippen LogP contribution in [0, 0.1) is 0 Å². The van der Waals surface area contributed by atoms with Gasteiger partial charge in [-0.15, -0.1) is 0 Å². The summed E-state index contributed by atoms with van der Waals surface area (Å²) < 4.78 is 5.78. The van der Waals surface area contributed by atoms with Gasteiger partial charge in [-0.25, -0.2) is 0 Å². The van der Waals surface area contributed by atoms with Gasteiger partial charge in [0.25, 0.3) is 0 Å². The Bertz CT molecular complexity index is 423. The van der Waals surface area contributed by atoms with Gasteiger partial charge in [0.15, 0.2) is 5.75 Å². The molecule has 1 atom stereocenters. The number of hydrogen-bond donors (Lipinski definition) is 1. The van der Waals surface area contributed by atoms with Crippen LogP contribution in [0.3, 0.4) is 0 Å². The van der Waals surface area contributed by atoms with Crippen molar-refractivity contribution < 1.29 is 4.74 Å². The Labute approximate surface area is 117 Å². The van der Waals surface area contributed by atoms with Crippen LogP contribution in [0.25, 0.3) is 0 Å². The summed E-state index contributed by atoms with van der Waals surface area (Å²) in [5.74, 6) is 3.29. The van der Waals surface area contributed by atoms with E-state index in [1.54, 1.807) is 0 Å². The molecule has 98 valence electrons. The summed E-state index contributed by atoms with van der Waals surface area (Å²) in [6.07, 6.45) is 0. The molecule has 0 aromatic heterocycles. The zero-order valence-corrected chi connectivity index (χ0v) is 11.8. The van der Waals surface area contributed by atoms with Gasteiger partial charge >= 0.3 is 0 Å². The van der Waals surface area contributed by atoms with Crippen molar-refractivity contribution in [3.63, 3.8) is 0 Å². The number of ether oxygens (including phenoxy) is 1. The lowest BCUT2D eigenvalue weighted by Crippen LogP contribution is -2.45. The first-order valence-corrected chi connectivity index (χ1v) is 7.84.